The van der Waals surface area contributed by atoms with Crippen LogP contribution in [0.5, 0.6) is 5.75 Å². The zero-order valence-electron chi connectivity index (χ0n) is 14.8. The van der Waals surface area contributed by atoms with E-state index in [0.29, 0.717) is 23.0 Å². The third kappa shape index (κ3) is 3.84. The summed E-state index contributed by atoms with van der Waals surface area (Å²) in [6.45, 7) is 1.53. The second-order valence-corrected chi connectivity index (χ2v) is 7.84. The van der Waals surface area contributed by atoms with Crippen LogP contribution in [-0.2, 0) is 4.79 Å². The van der Waals surface area contributed by atoms with E-state index in [2.05, 4.69) is 20.2 Å². The summed E-state index contributed by atoms with van der Waals surface area (Å²) in [6.07, 6.45) is 3.55. The minimum Gasteiger partial charge on any atom is -0.495 e. The average Bonchev–Trinajstić information content (AvgIpc) is 3.12. The Balaban J connectivity index is 1.49. The number of rotatable bonds is 4. The Morgan fingerprint density at radius 1 is 1.41 bits per heavy atom. The van der Waals surface area contributed by atoms with Crippen molar-refractivity contribution in [1.82, 2.24) is 9.97 Å². The van der Waals surface area contributed by atoms with Crippen LogP contribution in [0.2, 0.25) is 5.02 Å². The van der Waals surface area contributed by atoms with Crippen LogP contribution >= 0.6 is 22.9 Å². The molecule has 0 saturated carbocycles. The van der Waals surface area contributed by atoms with Crippen LogP contribution in [0.4, 0.5) is 10.8 Å². The van der Waals surface area contributed by atoms with Gasteiger partial charge in [0, 0.05) is 24.3 Å². The monoisotopic (exact) mass is 402 g/mol. The van der Waals surface area contributed by atoms with Crippen molar-refractivity contribution < 1.29 is 9.53 Å². The van der Waals surface area contributed by atoms with Crippen LogP contribution in [0.1, 0.15) is 12.8 Å². The summed E-state index contributed by atoms with van der Waals surface area (Å²) in [5.41, 5.74) is 1.49. The number of amides is 1. The number of hydrogen-bond donors (Lipinski definition) is 1. The maximum Gasteiger partial charge on any atom is 0.229 e. The van der Waals surface area contributed by atoms with Crippen LogP contribution in [0, 0.1) is 5.92 Å². The number of hydrogen-bond acceptors (Lipinski definition) is 6. The van der Waals surface area contributed by atoms with Crippen LogP contribution in [-0.4, -0.2) is 36.1 Å². The number of benzene rings is 1. The molecule has 4 rings (SSSR count). The fourth-order valence-electron chi connectivity index (χ4n) is 3.27. The number of thiazole rings is 1. The van der Waals surface area contributed by atoms with Gasteiger partial charge in [0.15, 0.2) is 5.13 Å². The second kappa shape index (κ2) is 7.70. The Morgan fingerprint density at radius 3 is 3.11 bits per heavy atom. The average molecular weight is 403 g/mol. The molecule has 1 N–H and O–H groups in total. The van der Waals surface area contributed by atoms with Gasteiger partial charge in [-0.05, 0) is 43.2 Å². The first kappa shape index (κ1) is 18.0. The number of carbonyl (C=O) groups excluding carboxylic acids is 1. The van der Waals surface area contributed by atoms with E-state index < -0.39 is 0 Å². The highest BCUT2D eigenvalue weighted by Crippen LogP contribution is 2.32. The lowest BCUT2D eigenvalue weighted by molar-refractivity contribution is -0.120. The lowest BCUT2D eigenvalue weighted by atomic mass is 9.97. The molecule has 1 fully saturated rings. The molecule has 6 nitrogen and oxygen atoms in total. The summed E-state index contributed by atoms with van der Waals surface area (Å²) >= 11 is 7.62. The van der Waals surface area contributed by atoms with Crippen LogP contribution in [0.3, 0.4) is 0 Å². The van der Waals surface area contributed by atoms with E-state index in [0.717, 1.165) is 34.9 Å². The van der Waals surface area contributed by atoms with E-state index in [1.54, 1.807) is 42.8 Å². The fourth-order valence-corrected chi connectivity index (χ4v) is 4.39. The lowest BCUT2D eigenvalue weighted by Crippen LogP contribution is -2.40. The van der Waals surface area contributed by atoms with Gasteiger partial charge in [0.2, 0.25) is 5.91 Å². The standard InChI is InChI=1S/C19H19ClN4O2S/c1-26-16-7-6-13(20)10-15(16)22-17(25)12-4-3-9-24(11-12)19-23-14-5-2-8-21-18(14)27-19/h2,5-8,10,12H,3-4,9,11H2,1H3,(H,22,25)/t12-/m1/s1. The summed E-state index contributed by atoms with van der Waals surface area (Å²) in [5.74, 6) is 0.444. The van der Waals surface area contributed by atoms with Crippen molar-refractivity contribution in [3.05, 3.63) is 41.6 Å². The molecule has 1 saturated heterocycles. The number of methoxy groups -OCH3 is 1. The van der Waals surface area contributed by atoms with E-state index in [-0.39, 0.29) is 11.8 Å². The minimum atomic E-state index is -0.123. The Hall–Kier alpha value is -2.38. The number of carbonyl (C=O) groups is 1. The van der Waals surface area contributed by atoms with Gasteiger partial charge in [-0.3, -0.25) is 4.79 Å². The normalized spacial score (nSPS) is 17.1. The molecule has 2 aromatic heterocycles. The maximum absolute atomic E-state index is 12.8. The van der Waals surface area contributed by atoms with E-state index in [9.17, 15) is 4.79 Å². The SMILES string of the molecule is COc1ccc(Cl)cc1NC(=O)[C@@H]1CCCN(c2nc3cccnc3s2)C1. The van der Waals surface area contributed by atoms with Crippen LogP contribution < -0.4 is 15.0 Å². The van der Waals surface area contributed by atoms with Crippen molar-refractivity contribution in [2.45, 2.75) is 12.8 Å². The quantitative estimate of drug-likeness (QED) is 0.708. The van der Waals surface area contributed by atoms with Gasteiger partial charge < -0.3 is 15.0 Å². The first-order valence-electron chi connectivity index (χ1n) is 8.75. The Bertz CT molecular complexity index is 944. The molecule has 1 aliphatic heterocycles. The zero-order valence-corrected chi connectivity index (χ0v) is 16.4. The molecule has 0 aliphatic carbocycles. The van der Waals surface area contributed by atoms with E-state index in [1.807, 2.05) is 12.1 Å². The molecule has 0 radical (unpaired) electrons. The van der Waals surface area contributed by atoms with Crippen LogP contribution in [0.15, 0.2) is 36.5 Å². The molecular weight excluding hydrogens is 384 g/mol. The third-order valence-electron chi connectivity index (χ3n) is 4.64. The van der Waals surface area contributed by atoms with Crippen LogP contribution in [0.25, 0.3) is 10.3 Å². The number of nitrogens with one attached hydrogen (secondary N) is 1. The molecule has 3 heterocycles. The molecule has 1 atom stereocenters. The Kier molecular flexibility index (Phi) is 5.13. The van der Waals surface area contributed by atoms with Crippen molar-refractivity contribution in [3.8, 4) is 5.75 Å². The summed E-state index contributed by atoms with van der Waals surface area (Å²) < 4.78 is 5.31. The van der Waals surface area contributed by atoms with Crippen molar-refractivity contribution in [2.24, 2.45) is 5.92 Å². The number of pyridine rings is 1. The molecule has 1 aliphatic rings. The number of anilines is 2. The molecule has 0 bridgehead atoms. The summed E-state index contributed by atoms with van der Waals surface area (Å²) in [4.78, 5) is 24.9. The molecule has 1 amide bonds. The Labute approximate surface area is 166 Å². The first-order chi connectivity index (χ1) is 13.1. The number of aromatic nitrogens is 2. The predicted octanol–water partition coefficient (Wildman–Crippen LogP) is 4.21. The van der Waals surface area contributed by atoms with Gasteiger partial charge >= 0.3 is 0 Å². The summed E-state index contributed by atoms with van der Waals surface area (Å²) in [7, 11) is 1.57. The lowest BCUT2D eigenvalue weighted by Gasteiger charge is -2.31. The minimum absolute atomic E-state index is 0.0282. The van der Waals surface area contributed by atoms with Gasteiger partial charge in [-0.2, -0.15) is 0 Å². The summed E-state index contributed by atoms with van der Waals surface area (Å²) in [5, 5.41) is 4.44. The largest absolute Gasteiger partial charge is 0.495 e. The fraction of sp³-hybridized carbons (Fsp3) is 0.316. The van der Waals surface area contributed by atoms with Gasteiger partial charge in [0.05, 0.1) is 18.7 Å². The van der Waals surface area contributed by atoms with Gasteiger partial charge in [0.25, 0.3) is 0 Å². The molecule has 27 heavy (non-hydrogen) atoms. The van der Waals surface area contributed by atoms with E-state index in [4.69, 9.17) is 16.3 Å². The molecule has 0 spiro atoms. The number of piperidine rings is 1. The smallest absolute Gasteiger partial charge is 0.229 e. The zero-order chi connectivity index (χ0) is 18.8. The second-order valence-electron chi connectivity index (χ2n) is 6.44. The number of fused-ring (bicyclic) bond motifs is 1. The Morgan fingerprint density at radius 2 is 2.30 bits per heavy atom. The number of nitrogens with zero attached hydrogens (tertiary/aromatic N) is 3. The maximum atomic E-state index is 12.8. The van der Waals surface area contributed by atoms with Gasteiger partial charge in [-0.1, -0.05) is 22.9 Å². The molecule has 3 aromatic rings. The van der Waals surface area contributed by atoms with Gasteiger partial charge in [-0.15, -0.1) is 0 Å². The summed E-state index contributed by atoms with van der Waals surface area (Å²) in [6, 6.07) is 9.04. The van der Waals surface area contributed by atoms with Crippen molar-refractivity contribution >= 4 is 50.0 Å². The third-order valence-corrected chi connectivity index (χ3v) is 5.91. The number of ether oxygens (including phenoxy) is 1. The molecule has 140 valence electrons. The highest BCUT2D eigenvalue weighted by Gasteiger charge is 2.28. The van der Waals surface area contributed by atoms with Gasteiger partial charge in [0.1, 0.15) is 16.1 Å². The molecule has 8 heteroatoms. The van der Waals surface area contributed by atoms with Crippen molar-refractivity contribution in [2.75, 3.05) is 30.4 Å². The molecule has 1 aromatic carbocycles. The predicted molar refractivity (Wildman–Crippen MR) is 109 cm³/mol. The molecular formula is C19H19ClN4O2S. The molecule has 0 unspecified atom stereocenters. The number of halogens is 1. The topological polar surface area (TPSA) is 67.3 Å². The van der Waals surface area contributed by atoms with E-state index in [1.165, 1.54) is 0 Å². The first-order valence-corrected chi connectivity index (χ1v) is 9.94. The highest BCUT2D eigenvalue weighted by molar-refractivity contribution is 7.21. The van der Waals surface area contributed by atoms with Gasteiger partial charge in [-0.25, -0.2) is 9.97 Å². The highest BCUT2D eigenvalue weighted by atomic mass is 35.5. The van der Waals surface area contributed by atoms with E-state index >= 15 is 0 Å². The van der Waals surface area contributed by atoms with Crippen molar-refractivity contribution in [3.63, 3.8) is 0 Å². The van der Waals surface area contributed by atoms with Crippen molar-refractivity contribution in [1.29, 1.82) is 0 Å².